The highest BCUT2D eigenvalue weighted by molar-refractivity contribution is 8.19. The van der Waals surface area contributed by atoms with E-state index in [0.717, 1.165) is 28.1 Å². The number of hydrogen-bond acceptors (Lipinski definition) is 4. The van der Waals surface area contributed by atoms with Crippen LogP contribution in [-0.2, 0) is 11.4 Å². The summed E-state index contributed by atoms with van der Waals surface area (Å²) in [5.74, 6) is -0.0996. The molecule has 1 saturated heterocycles. The molecular weight excluding hydrogens is 437 g/mol. The van der Waals surface area contributed by atoms with Crippen molar-refractivity contribution < 1.29 is 18.7 Å². The van der Waals surface area contributed by atoms with Crippen molar-refractivity contribution >= 4 is 45.4 Å². The first kappa shape index (κ1) is 21.0. The molecule has 33 heavy (non-hydrogen) atoms. The molecule has 1 fully saturated rings. The van der Waals surface area contributed by atoms with E-state index < -0.39 is 0 Å². The molecule has 0 aliphatic carbocycles. The van der Waals surface area contributed by atoms with E-state index in [-0.39, 0.29) is 23.6 Å². The van der Waals surface area contributed by atoms with Crippen LogP contribution >= 0.6 is 11.8 Å². The number of para-hydroxylation sites is 1. The van der Waals surface area contributed by atoms with Gasteiger partial charge in [-0.1, -0.05) is 60.7 Å². The van der Waals surface area contributed by atoms with Gasteiger partial charge in [0.15, 0.2) is 0 Å². The molecule has 0 radical (unpaired) electrons. The maximum absolute atomic E-state index is 13.2. The zero-order chi connectivity index (χ0) is 22.8. The Kier molecular flexibility index (Phi) is 5.67. The second-order valence-corrected chi connectivity index (χ2v) is 8.46. The van der Waals surface area contributed by atoms with Crippen molar-refractivity contribution in [1.29, 1.82) is 0 Å². The second-order valence-electron chi connectivity index (χ2n) is 7.47. The Bertz CT molecular complexity index is 1380. The number of amides is 2. The van der Waals surface area contributed by atoms with Crippen molar-refractivity contribution in [2.24, 2.45) is 0 Å². The lowest BCUT2D eigenvalue weighted by Crippen LogP contribution is -2.27. The summed E-state index contributed by atoms with van der Waals surface area (Å²) >= 11 is 0.906. The maximum atomic E-state index is 13.2. The summed E-state index contributed by atoms with van der Waals surface area (Å²) in [6.45, 7) is 0.241. The zero-order valence-corrected chi connectivity index (χ0v) is 18.2. The van der Waals surface area contributed by atoms with Crippen molar-refractivity contribution in [2.75, 3.05) is 4.90 Å². The quantitative estimate of drug-likeness (QED) is 0.311. The highest BCUT2D eigenvalue weighted by Gasteiger charge is 2.36. The third kappa shape index (κ3) is 4.25. The molecule has 1 aliphatic rings. The van der Waals surface area contributed by atoms with Gasteiger partial charge in [-0.05, 0) is 64.5 Å². The summed E-state index contributed by atoms with van der Waals surface area (Å²) in [6, 6.07) is 26.6. The molecule has 162 valence electrons. The number of fused-ring (bicyclic) bond motifs is 1. The molecule has 0 bridgehead atoms. The number of imide groups is 1. The van der Waals surface area contributed by atoms with E-state index in [1.54, 1.807) is 42.5 Å². The predicted octanol–water partition coefficient (Wildman–Crippen LogP) is 6.80. The third-order valence-electron chi connectivity index (χ3n) is 5.32. The predicted molar refractivity (Wildman–Crippen MR) is 130 cm³/mol. The smallest absolute Gasteiger partial charge is 0.298 e. The average Bonchev–Trinajstić information content (AvgIpc) is 3.12. The van der Waals surface area contributed by atoms with Crippen LogP contribution in [0.15, 0.2) is 95.9 Å². The van der Waals surface area contributed by atoms with Gasteiger partial charge in [-0.15, -0.1) is 0 Å². The first-order valence-electron chi connectivity index (χ1n) is 10.3. The van der Waals surface area contributed by atoms with E-state index in [0.29, 0.717) is 21.9 Å². The molecule has 0 saturated carbocycles. The van der Waals surface area contributed by atoms with Crippen molar-refractivity contribution in [1.82, 2.24) is 0 Å². The largest absolute Gasteiger partial charge is 0.488 e. The van der Waals surface area contributed by atoms with Gasteiger partial charge in [0.05, 0.1) is 10.6 Å². The number of halogens is 1. The summed E-state index contributed by atoms with van der Waals surface area (Å²) < 4.78 is 19.3. The zero-order valence-electron chi connectivity index (χ0n) is 17.4. The van der Waals surface area contributed by atoms with E-state index in [2.05, 4.69) is 0 Å². The van der Waals surface area contributed by atoms with Crippen LogP contribution in [0.4, 0.5) is 14.9 Å². The summed E-state index contributed by atoms with van der Waals surface area (Å²) in [5.41, 5.74) is 2.07. The minimum absolute atomic E-state index is 0.241. The van der Waals surface area contributed by atoms with Gasteiger partial charge in [0.1, 0.15) is 18.2 Å². The Hall–Kier alpha value is -3.90. The Morgan fingerprint density at radius 1 is 0.848 bits per heavy atom. The number of hydrogen-bond donors (Lipinski definition) is 0. The van der Waals surface area contributed by atoms with Gasteiger partial charge >= 0.3 is 0 Å². The number of carbonyl (C=O) groups excluding carboxylic acids is 2. The van der Waals surface area contributed by atoms with Crippen LogP contribution in [0.3, 0.4) is 0 Å². The van der Waals surface area contributed by atoms with E-state index in [9.17, 15) is 14.0 Å². The van der Waals surface area contributed by atoms with Crippen LogP contribution in [0.1, 0.15) is 11.1 Å². The molecule has 4 nitrogen and oxygen atoms in total. The van der Waals surface area contributed by atoms with Crippen molar-refractivity contribution in [3.63, 3.8) is 0 Å². The monoisotopic (exact) mass is 455 g/mol. The summed E-state index contributed by atoms with van der Waals surface area (Å²) in [7, 11) is 0. The highest BCUT2D eigenvalue weighted by Crippen LogP contribution is 2.38. The minimum atomic E-state index is -0.367. The van der Waals surface area contributed by atoms with Crippen LogP contribution in [0.5, 0.6) is 5.75 Å². The van der Waals surface area contributed by atoms with Gasteiger partial charge in [-0.3, -0.25) is 9.59 Å². The molecule has 1 heterocycles. The molecule has 6 heteroatoms. The van der Waals surface area contributed by atoms with Gasteiger partial charge in [0, 0.05) is 5.56 Å². The normalized spacial score (nSPS) is 14.9. The van der Waals surface area contributed by atoms with Crippen LogP contribution in [0.25, 0.3) is 16.8 Å². The van der Waals surface area contributed by atoms with Gasteiger partial charge in [-0.25, -0.2) is 9.29 Å². The number of ether oxygens (including phenoxy) is 1. The van der Waals surface area contributed by atoms with Gasteiger partial charge in [-0.2, -0.15) is 0 Å². The number of carbonyl (C=O) groups is 2. The molecule has 1 aliphatic heterocycles. The van der Waals surface area contributed by atoms with E-state index >= 15 is 0 Å². The number of benzene rings is 4. The molecule has 4 aromatic carbocycles. The lowest BCUT2D eigenvalue weighted by Gasteiger charge is -2.13. The minimum Gasteiger partial charge on any atom is -0.488 e. The fraction of sp³-hybridized carbons (Fsp3) is 0.0370. The van der Waals surface area contributed by atoms with E-state index in [1.807, 2.05) is 42.5 Å². The summed E-state index contributed by atoms with van der Waals surface area (Å²) in [6.07, 6.45) is 1.72. The maximum Gasteiger partial charge on any atom is 0.298 e. The SMILES string of the molecule is O=C1S/C(=C/c2c(OCc3ccc(F)cc3)ccc3ccccc23)C(=O)N1c1ccccc1. The highest BCUT2D eigenvalue weighted by atomic mass is 32.2. The Labute approximate surface area is 194 Å². The molecular formula is C27H18FNO3S. The number of rotatable bonds is 5. The second kappa shape index (κ2) is 8.92. The molecule has 2 amide bonds. The lowest BCUT2D eigenvalue weighted by molar-refractivity contribution is -0.113. The van der Waals surface area contributed by atoms with Crippen molar-refractivity contribution in [3.8, 4) is 5.75 Å². The number of nitrogens with zero attached hydrogens (tertiary/aromatic N) is 1. The lowest BCUT2D eigenvalue weighted by atomic mass is 10.0. The van der Waals surface area contributed by atoms with Crippen molar-refractivity contribution in [2.45, 2.75) is 6.61 Å². The third-order valence-corrected chi connectivity index (χ3v) is 6.19. The summed E-state index contributed by atoms with van der Waals surface area (Å²) in [4.78, 5) is 27.3. The Morgan fingerprint density at radius 2 is 1.58 bits per heavy atom. The topological polar surface area (TPSA) is 46.6 Å². The molecule has 4 aromatic rings. The van der Waals surface area contributed by atoms with Gasteiger partial charge < -0.3 is 4.74 Å². The van der Waals surface area contributed by atoms with E-state index in [4.69, 9.17) is 4.74 Å². The van der Waals surface area contributed by atoms with Crippen LogP contribution in [0.2, 0.25) is 0 Å². The molecule has 0 unspecified atom stereocenters. The fourth-order valence-corrected chi connectivity index (χ4v) is 4.51. The Morgan fingerprint density at radius 3 is 2.36 bits per heavy atom. The molecule has 0 atom stereocenters. The number of thioether (sulfide) groups is 1. The van der Waals surface area contributed by atoms with Crippen LogP contribution in [0, 0.1) is 5.82 Å². The first-order chi connectivity index (χ1) is 16.1. The first-order valence-corrected chi connectivity index (χ1v) is 11.1. The van der Waals surface area contributed by atoms with Gasteiger partial charge in [0.25, 0.3) is 11.1 Å². The van der Waals surface area contributed by atoms with Crippen LogP contribution < -0.4 is 9.64 Å². The average molecular weight is 456 g/mol. The van der Waals surface area contributed by atoms with E-state index in [1.165, 1.54) is 17.0 Å². The fourth-order valence-electron chi connectivity index (χ4n) is 3.69. The summed E-state index contributed by atoms with van der Waals surface area (Å²) in [5, 5.41) is 1.55. The molecule has 0 spiro atoms. The van der Waals surface area contributed by atoms with Gasteiger partial charge in [0.2, 0.25) is 0 Å². The van der Waals surface area contributed by atoms with Crippen LogP contribution in [-0.4, -0.2) is 11.1 Å². The standard InChI is InChI=1S/C27H18FNO3S/c28-20-13-10-18(11-14-20)17-32-24-15-12-19-6-4-5-9-22(19)23(24)16-25-26(30)29(27(31)33-25)21-7-2-1-3-8-21/h1-16H,17H2/b25-16+. The molecule has 0 aromatic heterocycles. The number of anilines is 1. The molecule has 0 N–H and O–H groups in total. The molecule has 5 rings (SSSR count). The van der Waals surface area contributed by atoms with Crippen molar-refractivity contribution in [3.05, 3.63) is 113 Å². The Balaban J connectivity index is 1.53.